The van der Waals surface area contributed by atoms with Crippen LogP contribution < -0.4 is 11.1 Å². The van der Waals surface area contributed by atoms with E-state index in [1.54, 1.807) is 0 Å². The second-order valence-corrected chi connectivity index (χ2v) is 5.61. The van der Waals surface area contributed by atoms with E-state index in [1.807, 2.05) is 0 Å². The summed E-state index contributed by atoms with van der Waals surface area (Å²) in [5, 5.41) is 2.59. The molecule has 1 saturated carbocycles. The first-order valence-corrected chi connectivity index (χ1v) is 7.88. The van der Waals surface area contributed by atoms with Crippen LogP contribution >= 0.6 is 0 Å². The zero-order chi connectivity index (χ0) is 15.5. The largest absolute Gasteiger partial charge is 0.467 e. The average molecular weight is 300 g/mol. The molecular weight excluding hydrogens is 272 g/mol. The Kier molecular flexibility index (Phi) is 8.82. The van der Waals surface area contributed by atoms with Gasteiger partial charge >= 0.3 is 12.1 Å². The summed E-state index contributed by atoms with van der Waals surface area (Å²) in [5.74, 6) is 0.0138. The zero-order valence-electron chi connectivity index (χ0n) is 12.9. The quantitative estimate of drug-likeness (QED) is 0.528. The van der Waals surface area contributed by atoms with E-state index >= 15 is 0 Å². The van der Waals surface area contributed by atoms with Crippen LogP contribution in [0.3, 0.4) is 0 Å². The minimum absolute atomic E-state index is 0.433. The molecule has 6 heteroatoms. The fourth-order valence-corrected chi connectivity index (χ4v) is 2.62. The maximum Gasteiger partial charge on any atom is 0.407 e. The minimum Gasteiger partial charge on any atom is -0.467 e. The number of unbranched alkanes of at least 4 members (excludes halogenated alkanes) is 1. The van der Waals surface area contributed by atoms with Crippen molar-refractivity contribution in [2.75, 3.05) is 20.3 Å². The molecule has 3 N–H and O–H groups in total. The first kappa shape index (κ1) is 17.8. The summed E-state index contributed by atoms with van der Waals surface area (Å²) in [6.45, 7) is 1.00. The van der Waals surface area contributed by atoms with Gasteiger partial charge in [-0.3, -0.25) is 0 Å². The summed E-state index contributed by atoms with van der Waals surface area (Å²) < 4.78 is 9.93. The van der Waals surface area contributed by atoms with E-state index in [9.17, 15) is 9.59 Å². The molecule has 0 bridgehead atoms. The maximum atomic E-state index is 11.8. The maximum absolute atomic E-state index is 11.8. The lowest BCUT2D eigenvalue weighted by Gasteiger charge is -2.22. The molecule has 1 aliphatic rings. The first-order valence-electron chi connectivity index (χ1n) is 7.88. The Hall–Kier alpha value is -1.30. The van der Waals surface area contributed by atoms with Crippen LogP contribution in [0.1, 0.15) is 51.4 Å². The van der Waals surface area contributed by atoms with Crippen molar-refractivity contribution in [1.29, 1.82) is 0 Å². The molecule has 1 atom stereocenters. The molecule has 0 aromatic rings. The molecule has 0 radical (unpaired) electrons. The van der Waals surface area contributed by atoms with Gasteiger partial charge in [0.25, 0.3) is 0 Å². The molecule has 1 amide bonds. The fraction of sp³-hybridized carbons (Fsp3) is 0.867. The van der Waals surface area contributed by atoms with Crippen LogP contribution in [-0.4, -0.2) is 38.4 Å². The van der Waals surface area contributed by atoms with E-state index in [1.165, 1.54) is 26.4 Å². The van der Waals surface area contributed by atoms with E-state index < -0.39 is 18.1 Å². The molecule has 122 valence electrons. The highest BCUT2D eigenvalue weighted by atomic mass is 16.6. The highest BCUT2D eigenvalue weighted by Gasteiger charge is 2.22. The normalized spacial score (nSPS) is 17.0. The molecule has 0 spiro atoms. The van der Waals surface area contributed by atoms with Crippen LogP contribution in [0.2, 0.25) is 0 Å². The van der Waals surface area contributed by atoms with Gasteiger partial charge in [0.2, 0.25) is 0 Å². The predicted octanol–water partition coefficient (Wildman–Crippen LogP) is 1.96. The SMILES string of the molecule is COC(=O)C(CCCCN)NC(=O)OCC1CCCCC1. The lowest BCUT2D eigenvalue weighted by molar-refractivity contribution is -0.143. The minimum atomic E-state index is -0.652. The standard InChI is InChI=1S/C15H28N2O4/c1-20-14(18)13(9-5-6-10-16)17-15(19)21-11-12-7-3-2-4-8-12/h12-13H,2-11,16H2,1H3,(H,17,19). The van der Waals surface area contributed by atoms with Crippen LogP contribution in [-0.2, 0) is 14.3 Å². The Morgan fingerprint density at radius 2 is 1.95 bits per heavy atom. The second kappa shape index (κ2) is 10.4. The van der Waals surface area contributed by atoms with Crippen molar-refractivity contribution in [2.24, 2.45) is 11.7 Å². The molecule has 6 nitrogen and oxygen atoms in total. The van der Waals surface area contributed by atoms with Crippen molar-refractivity contribution in [3.05, 3.63) is 0 Å². The average Bonchev–Trinajstić information content (AvgIpc) is 2.52. The van der Waals surface area contributed by atoms with Gasteiger partial charge in [0, 0.05) is 0 Å². The first-order chi connectivity index (χ1) is 10.2. The topological polar surface area (TPSA) is 90.6 Å². The van der Waals surface area contributed by atoms with Crippen molar-refractivity contribution < 1.29 is 19.1 Å². The molecule has 1 unspecified atom stereocenters. The second-order valence-electron chi connectivity index (χ2n) is 5.61. The number of hydrogen-bond donors (Lipinski definition) is 2. The van der Waals surface area contributed by atoms with Gasteiger partial charge in [-0.15, -0.1) is 0 Å². The Morgan fingerprint density at radius 1 is 1.24 bits per heavy atom. The molecule has 0 aromatic heterocycles. The van der Waals surface area contributed by atoms with Crippen molar-refractivity contribution in [3.63, 3.8) is 0 Å². The van der Waals surface area contributed by atoms with Crippen LogP contribution in [0, 0.1) is 5.92 Å². The molecule has 0 heterocycles. The summed E-state index contributed by atoms with van der Waals surface area (Å²) in [6.07, 6.45) is 7.47. The number of ether oxygens (including phenoxy) is 2. The van der Waals surface area contributed by atoms with Gasteiger partial charge in [-0.1, -0.05) is 19.3 Å². The van der Waals surface area contributed by atoms with Crippen molar-refractivity contribution >= 4 is 12.1 Å². The van der Waals surface area contributed by atoms with Crippen LogP contribution in [0.4, 0.5) is 4.79 Å². The lowest BCUT2D eigenvalue weighted by Crippen LogP contribution is -2.42. The molecule has 0 aromatic carbocycles. The smallest absolute Gasteiger partial charge is 0.407 e. The van der Waals surface area contributed by atoms with Crippen molar-refractivity contribution in [1.82, 2.24) is 5.32 Å². The number of amides is 1. The molecule has 21 heavy (non-hydrogen) atoms. The van der Waals surface area contributed by atoms with Gasteiger partial charge in [0.15, 0.2) is 0 Å². The summed E-state index contributed by atoms with van der Waals surface area (Å²) in [4.78, 5) is 23.4. The van der Waals surface area contributed by atoms with Gasteiger partial charge in [0.1, 0.15) is 6.04 Å². The Labute approximate surface area is 126 Å². The molecule has 1 aliphatic carbocycles. The highest BCUT2D eigenvalue weighted by molar-refractivity contribution is 5.81. The predicted molar refractivity (Wildman–Crippen MR) is 79.8 cm³/mol. The number of carbonyl (C=O) groups is 2. The number of carbonyl (C=O) groups excluding carboxylic acids is 2. The number of hydrogen-bond acceptors (Lipinski definition) is 5. The third-order valence-corrected chi connectivity index (χ3v) is 3.90. The number of nitrogens with two attached hydrogens (primary N) is 1. The summed E-state index contributed by atoms with van der Waals surface area (Å²) >= 11 is 0. The molecule has 0 aliphatic heterocycles. The van der Waals surface area contributed by atoms with E-state index in [4.69, 9.17) is 15.2 Å². The third kappa shape index (κ3) is 7.32. The van der Waals surface area contributed by atoms with Crippen LogP contribution in [0.5, 0.6) is 0 Å². The van der Waals surface area contributed by atoms with Crippen LogP contribution in [0.15, 0.2) is 0 Å². The number of methoxy groups -OCH3 is 1. The van der Waals surface area contributed by atoms with E-state index in [-0.39, 0.29) is 0 Å². The van der Waals surface area contributed by atoms with Crippen molar-refractivity contribution in [3.8, 4) is 0 Å². The van der Waals surface area contributed by atoms with E-state index in [0.717, 1.165) is 25.7 Å². The van der Waals surface area contributed by atoms with E-state index in [0.29, 0.717) is 25.5 Å². The van der Waals surface area contributed by atoms with E-state index in [2.05, 4.69) is 5.32 Å². The fourth-order valence-electron chi connectivity index (χ4n) is 2.62. The van der Waals surface area contributed by atoms with Crippen LogP contribution in [0.25, 0.3) is 0 Å². The monoisotopic (exact) mass is 300 g/mol. The van der Waals surface area contributed by atoms with Gasteiger partial charge in [0.05, 0.1) is 13.7 Å². The Balaban J connectivity index is 2.30. The highest BCUT2D eigenvalue weighted by Crippen LogP contribution is 2.23. The zero-order valence-corrected chi connectivity index (χ0v) is 12.9. The molecule has 0 saturated heterocycles. The molecular formula is C15H28N2O4. The number of rotatable bonds is 8. The molecule has 1 rings (SSSR count). The van der Waals surface area contributed by atoms with Gasteiger partial charge in [-0.2, -0.15) is 0 Å². The third-order valence-electron chi connectivity index (χ3n) is 3.90. The van der Waals surface area contributed by atoms with Gasteiger partial charge in [-0.05, 0) is 44.6 Å². The summed E-state index contributed by atoms with van der Waals surface area (Å²) in [5.41, 5.74) is 5.43. The summed E-state index contributed by atoms with van der Waals surface area (Å²) in [7, 11) is 1.31. The number of nitrogens with one attached hydrogen (secondary N) is 1. The van der Waals surface area contributed by atoms with Gasteiger partial charge < -0.3 is 20.5 Å². The van der Waals surface area contributed by atoms with Gasteiger partial charge in [-0.25, -0.2) is 9.59 Å². The van der Waals surface area contributed by atoms with Crippen molar-refractivity contribution in [2.45, 2.75) is 57.4 Å². The lowest BCUT2D eigenvalue weighted by atomic mass is 9.90. The Morgan fingerprint density at radius 3 is 2.57 bits per heavy atom. The number of esters is 1. The number of alkyl carbamates (subject to hydrolysis) is 1. The molecule has 1 fully saturated rings. The summed E-state index contributed by atoms with van der Waals surface area (Å²) in [6, 6.07) is -0.652. The Bertz CT molecular complexity index is 317.